The van der Waals surface area contributed by atoms with Crippen LogP contribution in [0.4, 0.5) is 0 Å². The molecule has 0 aliphatic rings. The van der Waals surface area contributed by atoms with E-state index >= 15 is 0 Å². The second kappa shape index (κ2) is 5.27. The first-order chi connectivity index (χ1) is 9.81. The fraction of sp³-hybridized carbons (Fsp3) is 0.125. The average molecular weight is 265 g/mol. The Labute approximate surface area is 116 Å². The third-order valence-electron chi connectivity index (χ3n) is 3.34. The second-order valence-electron chi connectivity index (χ2n) is 4.63. The van der Waals surface area contributed by atoms with Gasteiger partial charge in [0.25, 0.3) is 5.91 Å². The van der Waals surface area contributed by atoms with E-state index in [1.807, 2.05) is 30.5 Å². The van der Waals surface area contributed by atoms with Gasteiger partial charge in [0.2, 0.25) is 0 Å². The Hall–Kier alpha value is -2.46. The molecular weight excluding hydrogens is 250 g/mol. The number of fused-ring (bicyclic) bond motifs is 1. The number of nitrogens with two attached hydrogens (primary N) is 1. The summed E-state index contributed by atoms with van der Waals surface area (Å²) in [5.74, 6) is -0.0717. The minimum absolute atomic E-state index is 0.0717. The molecule has 0 radical (unpaired) electrons. The molecule has 0 unspecified atom stereocenters. The van der Waals surface area contributed by atoms with Crippen LogP contribution in [0.25, 0.3) is 10.9 Å². The molecule has 0 bridgehead atoms. The van der Waals surface area contributed by atoms with E-state index in [0.717, 1.165) is 22.9 Å². The van der Waals surface area contributed by atoms with Gasteiger partial charge in [-0.25, -0.2) is 0 Å². The van der Waals surface area contributed by atoms with Crippen molar-refractivity contribution in [2.75, 3.05) is 6.54 Å². The fourth-order valence-electron chi connectivity index (χ4n) is 2.40. The molecular formula is C16H15N3O. The van der Waals surface area contributed by atoms with Gasteiger partial charge in [-0.05, 0) is 36.7 Å². The molecule has 4 nitrogen and oxygen atoms in total. The Morgan fingerprint density at radius 2 is 2.05 bits per heavy atom. The summed E-state index contributed by atoms with van der Waals surface area (Å²) in [5, 5.41) is 1.08. The van der Waals surface area contributed by atoms with Crippen molar-refractivity contribution in [3.05, 3.63) is 66.1 Å². The second-order valence-corrected chi connectivity index (χ2v) is 4.63. The van der Waals surface area contributed by atoms with Crippen molar-refractivity contribution in [3.63, 3.8) is 0 Å². The zero-order valence-electron chi connectivity index (χ0n) is 11.0. The highest BCUT2D eigenvalue weighted by molar-refractivity contribution is 6.02. The molecule has 0 saturated heterocycles. The average Bonchev–Trinajstić information content (AvgIpc) is 2.87. The van der Waals surface area contributed by atoms with Crippen molar-refractivity contribution in [2.45, 2.75) is 6.42 Å². The number of hydrogen-bond acceptors (Lipinski definition) is 3. The lowest BCUT2D eigenvalue weighted by Gasteiger charge is -2.03. The van der Waals surface area contributed by atoms with Crippen molar-refractivity contribution in [2.24, 2.45) is 5.73 Å². The molecule has 0 saturated carbocycles. The van der Waals surface area contributed by atoms with Gasteiger partial charge in [-0.2, -0.15) is 0 Å². The SMILES string of the molecule is NCCc1cn(C(=O)c2cccnc2)c2ccccc12. The van der Waals surface area contributed by atoms with Crippen LogP contribution in [0.2, 0.25) is 0 Å². The van der Waals surface area contributed by atoms with Gasteiger partial charge < -0.3 is 5.73 Å². The van der Waals surface area contributed by atoms with Crippen LogP contribution in [-0.4, -0.2) is 22.0 Å². The molecule has 0 fully saturated rings. The van der Waals surface area contributed by atoms with Crippen molar-refractivity contribution >= 4 is 16.8 Å². The molecule has 0 amide bonds. The molecule has 1 aromatic carbocycles. The maximum absolute atomic E-state index is 12.6. The summed E-state index contributed by atoms with van der Waals surface area (Å²) in [6.45, 7) is 0.565. The van der Waals surface area contributed by atoms with Crippen LogP contribution in [-0.2, 0) is 6.42 Å². The van der Waals surface area contributed by atoms with Gasteiger partial charge in [0.05, 0.1) is 11.1 Å². The maximum atomic E-state index is 12.6. The van der Waals surface area contributed by atoms with Crippen molar-refractivity contribution in [3.8, 4) is 0 Å². The molecule has 0 aliphatic carbocycles. The van der Waals surface area contributed by atoms with Gasteiger partial charge in [-0.15, -0.1) is 0 Å². The van der Waals surface area contributed by atoms with Gasteiger partial charge in [0.1, 0.15) is 0 Å². The monoisotopic (exact) mass is 265 g/mol. The zero-order valence-corrected chi connectivity index (χ0v) is 11.0. The highest BCUT2D eigenvalue weighted by Crippen LogP contribution is 2.22. The third kappa shape index (κ3) is 2.10. The first kappa shape index (κ1) is 12.6. The Morgan fingerprint density at radius 1 is 1.20 bits per heavy atom. The lowest BCUT2D eigenvalue weighted by Crippen LogP contribution is -2.11. The number of aromatic nitrogens is 2. The third-order valence-corrected chi connectivity index (χ3v) is 3.34. The molecule has 4 heteroatoms. The molecule has 20 heavy (non-hydrogen) atoms. The van der Waals surface area contributed by atoms with Gasteiger partial charge in [-0.3, -0.25) is 14.3 Å². The first-order valence-corrected chi connectivity index (χ1v) is 6.55. The standard InChI is InChI=1S/C16H15N3O/c17-8-7-13-11-19(15-6-2-1-5-14(13)15)16(20)12-4-3-9-18-10-12/h1-6,9-11H,7-8,17H2. The molecule has 0 spiro atoms. The molecule has 2 heterocycles. The number of nitrogens with zero attached hydrogens (tertiary/aromatic N) is 2. The summed E-state index contributed by atoms with van der Waals surface area (Å²) in [4.78, 5) is 16.6. The Bertz CT molecular complexity index is 747. The quantitative estimate of drug-likeness (QED) is 0.790. The van der Waals surface area contributed by atoms with Gasteiger partial charge in [0.15, 0.2) is 0 Å². The predicted molar refractivity (Wildman–Crippen MR) is 78.7 cm³/mol. The number of benzene rings is 1. The van der Waals surface area contributed by atoms with Crippen LogP contribution in [0, 0.1) is 0 Å². The molecule has 3 rings (SSSR count). The van der Waals surface area contributed by atoms with Gasteiger partial charge in [0, 0.05) is 24.0 Å². The number of carbonyl (C=O) groups excluding carboxylic acids is 1. The van der Waals surface area contributed by atoms with E-state index in [9.17, 15) is 4.79 Å². The van der Waals surface area contributed by atoms with E-state index in [0.29, 0.717) is 12.1 Å². The van der Waals surface area contributed by atoms with Crippen LogP contribution >= 0.6 is 0 Å². The van der Waals surface area contributed by atoms with E-state index in [1.165, 1.54) is 0 Å². The fourth-order valence-corrected chi connectivity index (χ4v) is 2.40. The minimum Gasteiger partial charge on any atom is -0.330 e. The number of para-hydroxylation sites is 1. The summed E-state index contributed by atoms with van der Waals surface area (Å²) >= 11 is 0. The molecule has 2 N–H and O–H groups in total. The Kier molecular flexibility index (Phi) is 3.31. The van der Waals surface area contributed by atoms with Crippen molar-refractivity contribution in [1.29, 1.82) is 0 Å². The lowest BCUT2D eigenvalue weighted by atomic mass is 10.1. The van der Waals surface area contributed by atoms with Crippen molar-refractivity contribution < 1.29 is 4.79 Å². The van der Waals surface area contributed by atoms with E-state index < -0.39 is 0 Å². The van der Waals surface area contributed by atoms with Crippen LogP contribution in [0.3, 0.4) is 0 Å². The van der Waals surface area contributed by atoms with Crippen LogP contribution in [0.5, 0.6) is 0 Å². The maximum Gasteiger partial charge on any atom is 0.263 e. The van der Waals surface area contributed by atoms with Gasteiger partial charge >= 0.3 is 0 Å². The molecule has 100 valence electrons. The van der Waals surface area contributed by atoms with Crippen LogP contribution < -0.4 is 5.73 Å². The lowest BCUT2D eigenvalue weighted by molar-refractivity contribution is 0.0964. The van der Waals surface area contributed by atoms with Crippen molar-refractivity contribution in [1.82, 2.24) is 9.55 Å². The summed E-state index contributed by atoms with van der Waals surface area (Å²) in [7, 11) is 0. The minimum atomic E-state index is -0.0717. The van der Waals surface area contributed by atoms with E-state index in [-0.39, 0.29) is 5.91 Å². The Morgan fingerprint density at radius 3 is 2.80 bits per heavy atom. The van der Waals surface area contributed by atoms with E-state index in [2.05, 4.69) is 4.98 Å². The first-order valence-electron chi connectivity index (χ1n) is 6.55. The number of carbonyl (C=O) groups is 1. The van der Waals surface area contributed by atoms with E-state index in [1.54, 1.807) is 29.1 Å². The summed E-state index contributed by atoms with van der Waals surface area (Å²) < 4.78 is 1.68. The molecule has 0 atom stereocenters. The highest BCUT2D eigenvalue weighted by atomic mass is 16.2. The predicted octanol–water partition coefficient (Wildman–Crippen LogP) is 2.23. The molecule has 3 aromatic rings. The largest absolute Gasteiger partial charge is 0.330 e. The van der Waals surface area contributed by atoms with Gasteiger partial charge in [-0.1, -0.05) is 18.2 Å². The zero-order chi connectivity index (χ0) is 13.9. The smallest absolute Gasteiger partial charge is 0.263 e. The van der Waals surface area contributed by atoms with E-state index in [4.69, 9.17) is 5.73 Å². The summed E-state index contributed by atoms with van der Waals surface area (Å²) in [6, 6.07) is 11.4. The number of pyridine rings is 1. The Balaban J connectivity index is 2.14. The number of hydrogen-bond donors (Lipinski definition) is 1. The summed E-state index contributed by atoms with van der Waals surface area (Å²) in [5.41, 5.74) is 8.23. The molecule has 0 aliphatic heterocycles. The molecule has 2 aromatic heterocycles. The van der Waals surface area contributed by atoms with Crippen LogP contribution in [0.1, 0.15) is 15.9 Å². The number of rotatable bonds is 3. The normalized spacial score (nSPS) is 10.8. The van der Waals surface area contributed by atoms with Crippen LogP contribution in [0.15, 0.2) is 55.0 Å². The summed E-state index contributed by atoms with van der Waals surface area (Å²) in [6.07, 6.45) is 5.88. The highest BCUT2D eigenvalue weighted by Gasteiger charge is 2.14. The topological polar surface area (TPSA) is 60.9 Å².